The molecule has 62 valence electrons. The minimum atomic E-state index is -4.44. The Labute approximate surface area is 68.3 Å². The summed E-state index contributed by atoms with van der Waals surface area (Å²) in [7, 11) is -4.44. The molecule has 0 aromatic heterocycles. The highest BCUT2D eigenvalue weighted by Gasteiger charge is 2.22. The van der Waals surface area contributed by atoms with Gasteiger partial charge in [-0.05, 0) is 6.92 Å². The van der Waals surface area contributed by atoms with E-state index in [1.807, 2.05) is 0 Å². The van der Waals surface area contributed by atoms with E-state index in [-0.39, 0.29) is 0 Å². The molecule has 0 aromatic rings. The van der Waals surface area contributed by atoms with Crippen LogP contribution >= 0.6 is 31.0 Å². The maximum atomic E-state index is 10.1. The molecule has 0 radical (unpaired) electrons. The number of alkyl halides is 2. The quantitative estimate of drug-likeness (QED) is 0.542. The number of hydrogen-bond acceptors (Lipinski definition) is 2. The van der Waals surface area contributed by atoms with Crippen LogP contribution in [0.25, 0.3) is 0 Å². The van der Waals surface area contributed by atoms with E-state index in [1.54, 1.807) is 0 Å². The summed E-state index contributed by atoms with van der Waals surface area (Å²) in [6, 6.07) is 0. The molecule has 0 amide bonds. The van der Waals surface area contributed by atoms with Crippen molar-refractivity contribution in [3.05, 3.63) is 0 Å². The number of halogens is 2. The molecule has 0 aromatic carbocycles. The molecule has 0 bridgehead atoms. The van der Waals surface area contributed by atoms with E-state index in [2.05, 4.69) is 4.52 Å². The maximum absolute atomic E-state index is 10.1. The zero-order valence-corrected chi connectivity index (χ0v) is 7.48. The second-order valence-electron chi connectivity index (χ2n) is 1.64. The standard InChI is InChI=1S/C3H7Cl2O4P/c1-2(3(4)5)9-10(6,7)8/h2-3H,1H3,(H2,6,7,8). The third-order valence-corrected chi connectivity index (χ3v) is 1.98. The second kappa shape index (κ2) is 3.90. The fraction of sp³-hybridized carbons (Fsp3) is 1.00. The fourth-order valence-corrected chi connectivity index (χ4v) is 1.06. The molecular weight excluding hydrogens is 202 g/mol. The molecule has 0 aliphatic heterocycles. The van der Waals surface area contributed by atoms with Crippen LogP contribution in [0.15, 0.2) is 0 Å². The first kappa shape index (κ1) is 10.7. The molecule has 1 unspecified atom stereocenters. The molecule has 4 nitrogen and oxygen atoms in total. The van der Waals surface area contributed by atoms with Gasteiger partial charge in [-0.2, -0.15) is 0 Å². The summed E-state index contributed by atoms with van der Waals surface area (Å²) in [6.45, 7) is 1.36. The van der Waals surface area contributed by atoms with E-state index in [9.17, 15) is 4.57 Å². The van der Waals surface area contributed by atoms with Crippen molar-refractivity contribution in [2.24, 2.45) is 0 Å². The van der Waals surface area contributed by atoms with Crippen molar-refractivity contribution in [1.29, 1.82) is 0 Å². The molecule has 0 fully saturated rings. The predicted octanol–water partition coefficient (Wildman–Crippen LogP) is 1.29. The average molecular weight is 209 g/mol. The Morgan fingerprint density at radius 3 is 2.00 bits per heavy atom. The summed E-state index contributed by atoms with van der Waals surface area (Å²) in [5, 5.41) is 0. The molecule has 0 spiro atoms. The molecule has 7 heteroatoms. The Morgan fingerprint density at radius 1 is 1.50 bits per heavy atom. The molecule has 0 saturated carbocycles. The van der Waals surface area contributed by atoms with Gasteiger partial charge in [0.25, 0.3) is 0 Å². The van der Waals surface area contributed by atoms with Crippen LogP contribution in [0.2, 0.25) is 0 Å². The normalized spacial score (nSPS) is 15.8. The van der Waals surface area contributed by atoms with Gasteiger partial charge in [-0.3, -0.25) is 4.52 Å². The Bertz CT molecular complexity index is 143. The largest absolute Gasteiger partial charge is 0.469 e. The van der Waals surface area contributed by atoms with Crippen molar-refractivity contribution in [2.45, 2.75) is 17.9 Å². The third kappa shape index (κ3) is 5.47. The minimum Gasteiger partial charge on any atom is -0.303 e. The number of phosphoric acid groups is 1. The van der Waals surface area contributed by atoms with Gasteiger partial charge < -0.3 is 9.79 Å². The van der Waals surface area contributed by atoms with Gasteiger partial charge in [0.05, 0.1) is 6.10 Å². The average Bonchev–Trinajstić information content (AvgIpc) is 1.60. The lowest BCUT2D eigenvalue weighted by Gasteiger charge is -2.13. The van der Waals surface area contributed by atoms with Crippen LogP contribution in [-0.2, 0) is 9.09 Å². The summed E-state index contributed by atoms with van der Waals surface area (Å²) in [5.41, 5.74) is 0. The molecule has 10 heavy (non-hydrogen) atoms. The first-order chi connectivity index (χ1) is 4.33. The Balaban J connectivity index is 3.80. The SMILES string of the molecule is CC(OP(=O)(O)O)C(Cl)Cl. The fourth-order valence-electron chi connectivity index (χ4n) is 0.263. The molecular formula is C3H7Cl2O4P. The lowest BCUT2D eigenvalue weighted by atomic mass is 10.5. The third-order valence-electron chi connectivity index (χ3n) is 0.658. The summed E-state index contributed by atoms with van der Waals surface area (Å²) in [6.07, 6.45) is -0.871. The van der Waals surface area contributed by atoms with Crippen molar-refractivity contribution in [1.82, 2.24) is 0 Å². The van der Waals surface area contributed by atoms with Crippen molar-refractivity contribution >= 4 is 31.0 Å². The van der Waals surface area contributed by atoms with Crippen molar-refractivity contribution in [3.63, 3.8) is 0 Å². The monoisotopic (exact) mass is 208 g/mol. The van der Waals surface area contributed by atoms with Gasteiger partial charge in [0.2, 0.25) is 0 Å². The zero-order chi connectivity index (χ0) is 8.36. The summed E-state index contributed by atoms with van der Waals surface area (Å²) in [5.74, 6) is 0. The Hall–Kier alpha value is 0.690. The predicted molar refractivity (Wildman–Crippen MR) is 38.1 cm³/mol. The number of rotatable bonds is 3. The van der Waals surface area contributed by atoms with Gasteiger partial charge in [0.15, 0.2) is 0 Å². The summed E-state index contributed by atoms with van der Waals surface area (Å²) < 4.78 is 14.2. The summed E-state index contributed by atoms with van der Waals surface area (Å²) in [4.78, 5) is 15.5. The molecule has 0 aliphatic carbocycles. The topological polar surface area (TPSA) is 66.8 Å². The minimum absolute atomic E-state index is 0.871. The number of hydrogen-bond donors (Lipinski definition) is 2. The van der Waals surface area contributed by atoms with Gasteiger partial charge in [0.1, 0.15) is 4.84 Å². The zero-order valence-electron chi connectivity index (χ0n) is 5.07. The number of phosphoric ester groups is 1. The molecule has 0 saturated heterocycles. The van der Waals surface area contributed by atoms with Crippen molar-refractivity contribution in [3.8, 4) is 0 Å². The van der Waals surface area contributed by atoms with Crippen LogP contribution in [0.1, 0.15) is 6.92 Å². The summed E-state index contributed by atoms with van der Waals surface area (Å²) >= 11 is 10.5. The highest BCUT2D eigenvalue weighted by Crippen LogP contribution is 2.39. The molecule has 1 atom stereocenters. The van der Waals surface area contributed by atoms with E-state index in [0.29, 0.717) is 0 Å². The molecule has 0 aliphatic rings. The van der Waals surface area contributed by atoms with E-state index in [1.165, 1.54) is 6.92 Å². The lowest BCUT2D eigenvalue weighted by molar-refractivity contribution is 0.153. The van der Waals surface area contributed by atoms with Gasteiger partial charge in [0, 0.05) is 0 Å². The van der Waals surface area contributed by atoms with Crippen LogP contribution < -0.4 is 0 Å². The van der Waals surface area contributed by atoms with Gasteiger partial charge >= 0.3 is 7.82 Å². The molecule has 2 N–H and O–H groups in total. The Kier molecular flexibility index (Phi) is 4.17. The van der Waals surface area contributed by atoms with Crippen LogP contribution in [0.5, 0.6) is 0 Å². The highest BCUT2D eigenvalue weighted by molar-refractivity contribution is 7.46. The maximum Gasteiger partial charge on any atom is 0.469 e. The first-order valence-corrected chi connectivity index (χ1v) is 4.75. The van der Waals surface area contributed by atoms with E-state index in [4.69, 9.17) is 33.0 Å². The van der Waals surface area contributed by atoms with Crippen LogP contribution in [-0.4, -0.2) is 20.7 Å². The molecule has 0 rings (SSSR count). The van der Waals surface area contributed by atoms with Crippen LogP contribution in [0.3, 0.4) is 0 Å². The van der Waals surface area contributed by atoms with E-state index < -0.39 is 18.8 Å². The van der Waals surface area contributed by atoms with Gasteiger partial charge in [-0.25, -0.2) is 4.57 Å². The smallest absolute Gasteiger partial charge is 0.303 e. The highest BCUT2D eigenvalue weighted by atomic mass is 35.5. The van der Waals surface area contributed by atoms with Crippen molar-refractivity contribution in [2.75, 3.05) is 0 Å². The van der Waals surface area contributed by atoms with Crippen LogP contribution in [0.4, 0.5) is 0 Å². The van der Waals surface area contributed by atoms with Crippen molar-refractivity contribution < 1.29 is 18.9 Å². The Morgan fingerprint density at radius 2 is 1.90 bits per heavy atom. The van der Waals surface area contributed by atoms with Gasteiger partial charge in [-0.1, -0.05) is 0 Å². The van der Waals surface area contributed by atoms with Gasteiger partial charge in [-0.15, -0.1) is 23.2 Å². The lowest BCUT2D eigenvalue weighted by Crippen LogP contribution is -2.14. The van der Waals surface area contributed by atoms with E-state index in [0.717, 1.165) is 0 Å². The first-order valence-electron chi connectivity index (χ1n) is 2.35. The van der Waals surface area contributed by atoms with E-state index >= 15 is 0 Å². The molecule has 0 heterocycles. The van der Waals surface area contributed by atoms with Crippen LogP contribution in [0, 0.1) is 0 Å². The second-order valence-corrected chi connectivity index (χ2v) is 3.99.